The van der Waals surface area contributed by atoms with Gasteiger partial charge in [0, 0.05) is 39.5 Å². The van der Waals surface area contributed by atoms with Crippen molar-refractivity contribution in [2.24, 2.45) is 7.05 Å². The Morgan fingerprint density at radius 2 is 2.17 bits per heavy atom. The second kappa shape index (κ2) is 12.6. The van der Waals surface area contributed by atoms with Gasteiger partial charge in [-0.25, -0.2) is 19.7 Å². The fourth-order valence-electron chi connectivity index (χ4n) is 4.55. The van der Waals surface area contributed by atoms with E-state index in [1.807, 2.05) is 0 Å². The van der Waals surface area contributed by atoms with Crippen molar-refractivity contribution in [3.63, 3.8) is 0 Å². The van der Waals surface area contributed by atoms with Gasteiger partial charge in [-0.05, 0) is 56.7 Å². The number of rotatable bonds is 14. The van der Waals surface area contributed by atoms with Crippen LogP contribution in [-0.2, 0) is 29.4 Å². The van der Waals surface area contributed by atoms with Gasteiger partial charge in [-0.15, -0.1) is 0 Å². The van der Waals surface area contributed by atoms with Crippen molar-refractivity contribution < 1.29 is 14.6 Å². The van der Waals surface area contributed by atoms with Crippen molar-refractivity contribution in [1.82, 2.24) is 29.6 Å². The van der Waals surface area contributed by atoms with E-state index in [0.29, 0.717) is 36.4 Å². The van der Waals surface area contributed by atoms with E-state index < -0.39 is 12.0 Å². The van der Waals surface area contributed by atoms with E-state index in [2.05, 4.69) is 42.7 Å². The highest BCUT2D eigenvalue weighted by Gasteiger charge is 2.21. The average Bonchev–Trinajstić information content (AvgIpc) is 3.28. The maximum atomic E-state index is 12.0. The second-order valence-electron chi connectivity index (χ2n) is 9.18. The summed E-state index contributed by atoms with van der Waals surface area (Å²) in [5.41, 5.74) is 3.78. The van der Waals surface area contributed by atoms with Gasteiger partial charge in [0.15, 0.2) is 5.82 Å². The fraction of sp³-hybridized carbons (Fsp3) is 0.560. The number of unbranched alkanes of at least 4 members (excludes halogenated alkanes) is 1. The molecule has 0 bridgehead atoms. The smallest absolute Gasteiger partial charge is 0.326 e. The molecule has 0 fully saturated rings. The van der Waals surface area contributed by atoms with Crippen LogP contribution >= 0.6 is 0 Å². The number of fused-ring (bicyclic) bond motifs is 2. The van der Waals surface area contributed by atoms with Crippen LogP contribution in [0.25, 0.3) is 11.0 Å². The molecular weight excluding hydrogens is 460 g/mol. The van der Waals surface area contributed by atoms with E-state index in [4.69, 9.17) is 9.72 Å². The van der Waals surface area contributed by atoms with Gasteiger partial charge in [-0.2, -0.15) is 5.10 Å². The number of nitrogens with one attached hydrogen (secondary N) is 2. The van der Waals surface area contributed by atoms with Gasteiger partial charge in [-0.1, -0.05) is 6.07 Å². The van der Waals surface area contributed by atoms with E-state index in [1.165, 1.54) is 11.9 Å². The Morgan fingerprint density at radius 1 is 1.28 bits per heavy atom. The molecule has 0 amide bonds. The maximum Gasteiger partial charge on any atom is 0.326 e. The molecule has 11 nitrogen and oxygen atoms in total. The topological polar surface area (TPSA) is 130 Å². The van der Waals surface area contributed by atoms with Gasteiger partial charge in [-0.3, -0.25) is 4.68 Å². The molecule has 3 aromatic heterocycles. The summed E-state index contributed by atoms with van der Waals surface area (Å²) >= 11 is 0. The lowest BCUT2D eigenvalue weighted by Crippen LogP contribution is -2.37. The fourth-order valence-corrected chi connectivity index (χ4v) is 4.55. The van der Waals surface area contributed by atoms with Crippen LogP contribution in [0.15, 0.2) is 24.7 Å². The SMILES string of the molecule is COCCN(CCCCc1ccc2c(n1)NCCC2)CCC(Nc1ncnc2cnn(C)c12)C(=O)O. The summed E-state index contributed by atoms with van der Waals surface area (Å²) in [4.78, 5) is 27.5. The summed E-state index contributed by atoms with van der Waals surface area (Å²) in [6.45, 7) is 3.86. The lowest BCUT2D eigenvalue weighted by atomic mass is 10.1. The van der Waals surface area contributed by atoms with Crippen LogP contribution < -0.4 is 10.6 Å². The summed E-state index contributed by atoms with van der Waals surface area (Å²) in [5, 5.41) is 20.5. The van der Waals surface area contributed by atoms with E-state index >= 15 is 0 Å². The molecule has 0 saturated heterocycles. The number of carboxylic acid groups (broad SMARTS) is 1. The van der Waals surface area contributed by atoms with Gasteiger partial charge >= 0.3 is 5.97 Å². The first-order valence-corrected chi connectivity index (χ1v) is 12.6. The quantitative estimate of drug-likeness (QED) is 0.286. The van der Waals surface area contributed by atoms with Gasteiger partial charge in [0.1, 0.15) is 29.2 Å². The van der Waals surface area contributed by atoms with Crippen LogP contribution in [0.1, 0.15) is 36.9 Å². The Morgan fingerprint density at radius 3 is 3.00 bits per heavy atom. The van der Waals surface area contributed by atoms with Crippen LogP contribution in [0, 0.1) is 0 Å². The number of nitrogens with zero attached hydrogens (tertiary/aromatic N) is 6. The number of hydrogen-bond acceptors (Lipinski definition) is 9. The molecule has 0 saturated carbocycles. The van der Waals surface area contributed by atoms with Gasteiger partial charge < -0.3 is 25.4 Å². The molecular formula is C25H36N8O3. The number of aliphatic carboxylic acids is 1. The monoisotopic (exact) mass is 496 g/mol. The van der Waals surface area contributed by atoms with E-state index in [1.54, 1.807) is 25.0 Å². The molecule has 194 valence electrons. The average molecular weight is 497 g/mol. The first kappa shape index (κ1) is 25.8. The molecule has 4 heterocycles. The van der Waals surface area contributed by atoms with E-state index in [0.717, 1.165) is 63.3 Å². The molecule has 1 unspecified atom stereocenters. The maximum absolute atomic E-state index is 12.0. The predicted octanol–water partition coefficient (Wildman–Crippen LogP) is 2.34. The van der Waals surface area contributed by atoms with Crippen LogP contribution in [-0.4, -0.2) is 86.6 Å². The molecule has 1 atom stereocenters. The first-order chi connectivity index (χ1) is 17.5. The van der Waals surface area contributed by atoms with Crippen LogP contribution in [0.5, 0.6) is 0 Å². The van der Waals surface area contributed by atoms with E-state index in [9.17, 15) is 9.90 Å². The number of carboxylic acids is 1. The molecule has 0 radical (unpaired) electrons. The van der Waals surface area contributed by atoms with Crippen LogP contribution in [0.2, 0.25) is 0 Å². The van der Waals surface area contributed by atoms with Crippen LogP contribution in [0.3, 0.4) is 0 Å². The molecule has 36 heavy (non-hydrogen) atoms. The number of methoxy groups -OCH3 is 1. The normalized spacial score (nSPS) is 14.0. The molecule has 4 rings (SSSR count). The zero-order chi connectivity index (χ0) is 25.3. The Bertz CT molecular complexity index is 1150. The molecule has 3 N–H and O–H groups in total. The number of carbonyl (C=O) groups is 1. The summed E-state index contributed by atoms with van der Waals surface area (Å²) in [6, 6.07) is 3.56. The molecule has 0 spiro atoms. The Labute approximate surface area is 211 Å². The highest BCUT2D eigenvalue weighted by atomic mass is 16.5. The molecule has 0 aromatic carbocycles. The predicted molar refractivity (Wildman–Crippen MR) is 138 cm³/mol. The number of hydrogen-bond donors (Lipinski definition) is 3. The van der Waals surface area contributed by atoms with Crippen molar-refractivity contribution in [3.05, 3.63) is 35.9 Å². The molecule has 1 aliphatic heterocycles. The third-order valence-corrected chi connectivity index (χ3v) is 6.59. The molecule has 3 aromatic rings. The number of pyridine rings is 1. The molecule has 0 aliphatic carbocycles. The molecule has 1 aliphatic rings. The van der Waals surface area contributed by atoms with Crippen molar-refractivity contribution >= 4 is 28.6 Å². The number of aryl methyl sites for hydroxylation is 3. The minimum absolute atomic E-state index is 0.431. The van der Waals surface area contributed by atoms with Crippen molar-refractivity contribution in [2.75, 3.05) is 50.5 Å². The Balaban J connectivity index is 1.29. The largest absolute Gasteiger partial charge is 0.480 e. The highest BCUT2D eigenvalue weighted by Crippen LogP contribution is 2.21. The minimum Gasteiger partial charge on any atom is -0.480 e. The van der Waals surface area contributed by atoms with Gasteiger partial charge in [0.2, 0.25) is 0 Å². The summed E-state index contributed by atoms with van der Waals surface area (Å²) < 4.78 is 6.93. The van der Waals surface area contributed by atoms with E-state index in [-0.39, 0.29) is 0 Å². The summed E-state index contributed by atoms with van der Waals surface area (Å²) in [5.74, 6) is 0.602. The Hall–Kier alpha value is -3.31. The number of ether oxygens (including phenoxy) is 1. The number of anilines is 2. The Kier molecular flexibility index (Phi) is 9.01. The summed E-state index contributed by atoms with van der Waals surface area (Å²) in [7, 11) is 3.47. The van der Waals surface area contributed by atoms with Crippen molar-refractivity contribution in [2.45, 2.75) is 44.6 Å². The third-order valence-electron chi connectivity index (χ3n) is 6.59. The standard InChI is InChI=1S/C25H36N8O3/c1-32-22-21(16-29-32)27-17-28-24(22)31-20(25(34)35)10-13-33(14-15-36-2)12-4-3-7-19-9-8-18-6-5-11-26-23(18)30-19/h8-9,16-17,20H,3-7,10-15H2,1-2H3,(H,26,30)(H,34,35)(H,27,28,31). The molecule has 11 heteroatoms. The van der Waals surface area contributed by atoms with Gasteiger partial charge in [0.25, 0.3) is 0 Å². The van der Waals surface area contributed by atoms with Crippen molar-refractivity contribution in [3.8, 4) is 0 Å². The number of aromatic nitrogens is 5. The second-order valence-corrected chi connectivity index (χ2v) is 9.18. The van der Waals surface area contributed by atoms with Gasteiger partial charge in [0.05, 0.1) is 12.8 Å². The minimum atomic E-state index is -0.914. The first-order valence-electron chi connectivity index (χ1n) is 12.6. The lowest BCUT2D eigenvalue weighted by Gasteiger charge is -2.24. The third kappa shape index (κ3) is 6.67. The van der Waals surface area contributed by atoms with Crippen molar-refractivity contribution in [1.29, 1.82) is 0 Å². The van der Waals surface area contributed by atoms with Crippen LogP contribution in [0.4, 0.5) is 11.6 Å². The summed E-state index contributed by atoms with van der Waals surface area (Å²) in [6.07, 6.45) is 8.71. The zero-order valence-electron chi connectivity index (χ0n) is 21.1. The zero-order valence-corrected chi connectivity index (χ0v) is 21.1. The highest BCUT2D eigenvalue weighted by molar-refractivity contribution is 5.87. The lowest BCUT2D eigenvalue weighted by molar-refractivity contribution is -0.138.